The summed E-state index contributed by atoms with van der Waals surface area (Å²) in [5, 5.41) is 10.1. The molecule has 4 N–H and O–H groups in total. The summed E-state index contributed by atoms with van der Waals surface area (Å²) in [6, 6.07) is 11.7. The number of para-hydroxylation sites is 1. The molecule has 0 aliphatic rings. The minimum absolute atomic E-state index is 0.0136. The zero-order chi connectivity index (χ0) is 13.4. The molecular weight excluding hydrogens is 242 g/mol. The molecule has 3 rings (SSSR count). The molecule has 0 aliphatic carbocycles. The summed E-state index contributed by atoms with van der Waals surface area (Å²) in [5.41, 5.74) is 6.99. The van der Waals surface area contributed by atoms with E-state index in [4.69, 9.17) is 5.73 Å². The Morgan fingerprint density at radius 1 is 1.11 bits per heavy atom. The molecule has 19 heavy (non-hydrogen) atoms. The van der Waals surface area contributed by atoms with Crippen LogP contribution < -0.4 is 11.3 Å². The fourth-order valence-electron chi connectivity index (χ4n) is 1.92. The van der Waals surface area contributed by atoms with E-state index in [9.17, 15) is 9.90 Å². The van der Waals surface area contributed by atoms with Gasteiger partial charge in [-0.1, -0.05) is 6.07 Å². The predicted molar refractivity (Wildman–Crippen MR) is 73.9 cm³/mol. The molecule has 1 heterocycles. The first-order chi connectivity index (χ1) is 9.15. The number of anilines is 1. The van der Waals surface area contributed by atoms with Gasteiger partial charge < -0.3 is 15.8 Å². The van der Waals surface area contributed by atoms with E-state index in [0.29, 0.717) is 16.9 Å². The maximum atomic E-state index is 12.0. The summed E-state index contributed by atoms with van der Waals surface area (Å²) in [5.74, 6) is 0.388. The highest BCUT2D eigenvalue weighted by molar-refractivity contribution is 5.84. The average molecular weight is 253 g/mol. The zero-order valence-corrected chi connectivity index (χ0v) is 9.92. The minimum atomic E-state index is -0.285. The van der Waals surface area contributed by atoms with E-state index < -0.39 is 0 Å². The van der Waals surface area contributed by atoms with Crippen LogP contribution in [0.15, 0.2) is 47.3 Å². The van der Waals surface area contributed by atoms with E-state index in [1.807, 2.05) is 0 Å². The first-order valence-electron chi connectivity index (χ1n) is 5.73. The number of rotatable bonds is 1. The van der Waals surface area contributed by atoms with Crippen molar-refractivity contribution in [3.8, 4) is 17.1 Å². The maximum Gasteiger partial charge on any atom is 0.259 e. The summed E-state index contributed by atoms with van der Waals surface area (Å²) >= 11 is 0. The van der Waals surface area contributed by atoms with E-state index in [0.717, 1.165) is 5.56 Å². The van der Waals surface area contributed by atoms with Crippen LogP contribution in [0.4, 0.5) is 5.69 Å². The molecule has 0 atom stereocenters. The molecular formula is C14H11N3O2. The molecule has 5 heteroatoms. The highest BCUT2D eigenvalue weighted by atomic mass is 16.3. The maximum absolute atomic E-state index is 12.0. The van der Waals surface area contributed by atoms with Crippen LogP contribution in [0.25, 0.3) is 22.3 Å². The lowest BCUT2D eigenvalue weighted by atomic mass is 10.1. The number of aromatic amines is 1. The Labute approximate surface area is 108 Å². The monoisotopic (exact) mass is 253 g/mol. The van der Waals surface area contributed by atoms with Gasteiger partial charge in [-0.15, -0.1) is 0 Å². The molecule has 0 amide bonds. The molecule has 0 fully saturated rings. The van der Waals surface area contributed by atoms with Gasteiger partial charge in [0, 0.05) is 11.3 Å². The van der Waals surface area contributed by atoms with Crippen LogP contribution in [-0.2, 0) is 0 Å². The van der Waals surface area contributed by atoms with Crippen LogP contribution in [0.2, 0.25) is 0 Å². The summed E-state index contributed by atoms with van der Waals surface area (Å²) in [4.78, 5) is 18.9. The molecule has 94 valence electrons. The van der Waals surface area contributed by atoms with Gasteiger partial charge in [0.25, 0.3) is 5.56 Å². The van der Waals surface area contributed by atoms with E-state index in [-0.39, 0.29) is 16.8 Å². The van der Waals surface area contributed by atoms with Crippen molar-refractivity contribution in [2.75, 3.05) is 5.73 Å². The Bertz CT molecular complexity index is 807. The number of hydrogen-bond acceptors (Lipinski definition) is 4. The normalized spacial score (nSPS) is 10.7. The van der Waals surface area contributed by atoms with Gasteiger partial charge in [0.05, 0.1) is 5.39 Å². The van der Waals surface area contributed by atoms with Crippen molar-refractivity contribution in [3.63, 3.8) is 0 Å². The number of fused-ring (bicyclic) bond motifs is 1. The molecule has 2 aromatic carbocycles. The number of nitrogens with two attached hydrogens (primary N) is 1. The Balaban J connectivity index is 2.29. The SMILES string of the molecule is Nc1ccc(-c2nc3c(O)cccc3c(=O)[nH]2)cc1. The smallest absolute Gasteiger partial charge is 0.259 e. The fraction of sp³-hybridized carbons (Fsp3) is 0. The second kappa shape index (κ2) is 4.13. The number of benzene rings is 2. The first-order valence-corrected chi connectivity index (χ1v) is 5.73. The lowest BCUT2D eigenvalue weighted by Crippen LogP contribution is -2.09. The van der Waals surface area contributed by atoms with Crippen molar-refractivity contribution < 1.29 is 5.11 Å². The van der Waals surface area contributed by atoms with Crippen LogP contribution in [0.5, 0.6) is 5.75 Å². The van der Waals surface area contributed by atoms with Gasteiger partial charge in [-0.3, -0.25) is 4.79 Å². The van der Waals surface area contributed by atoms with Crippen molar-refractivity contribution in [1.82, 2.24) is 9.97 Å². The Morgan fingerprint density at radius 2 is 1.84 bits per heavy atom. The van der Waals surface area contributed by atoms with Crippen molar-refractivity contribution in [2.24, 2.45) is 0 Å². The number of hydrogen-bond donors (Lipinski definition) is 3. The van der Waals surface area contributed by atoms with Gasteiger partial charge in [-0.25, -0.2) is 4.98 Å². The lowest BCUT2D eigenvalue weighted by Gasteiger charge is -2.04. The van der Waals surface area contributed by atoms with Crippen LogP contribution in [0.3, 0.4) is 0 Å². The third-order valence-corrected chi connectivity index (χ3v) is 2.90. The van der Waals surface area contributed by atoms with Crippen LogP contribution in [0.1, 0.15) is 0 Å². The standard InChI is InChI=1S/C14H11N3O2/c15-9-6-4-8(5-7-9)13-16-12-10(14(19)17-13)2-1-3-11(12)18/h1-7,18H,15H2,(H,16,17,19). The van der Waals surface area contributed by atoms with E-state index in [2.05, 4.69) is 9.97 Å². The average Bonchev–Trinajstić information content (AvgIpc) is 2.41. The summed E-state index contributed by atoms with van der Waals surface area (Å²) < 4.78 is 0. The van der Waals surface area contributed by atoms with Gasteiger partial charge in [-0.2, -0.15) is 0 Å². The number of phenols is 1. The number of aromatic hydroxyl groups is 1. The quantitative estimate of drug-likeness (QED) is 0.577. The van der Waals surface area contributed by atoms with E-state index in [1.165, 1.54) is 6.07 Å². The van der Waals surface area contributed by atoms with Crippen molar-refractivity contribution in [3.05, 3.63) is 52.8 Å². The van der Waals surface area contributed by atoms with Crippen LogP contribution >= 0.6 is 0 Å². The molecule has 0 saturated carbocycles. The lowest BCUT2D eigenvalue weighted by molar-refractivity contribution is 0.480. The molecule has 3 aromatic rings. The van der Waals surface area contributed by atoms with Crippen LogP contribution in [0, 0.1) is 0 Å². The second-order valence-corrected chi connectivity index (χ2v) is 4.21. The van der Waals surface area contributed by atoms with Gasteiger partial charge in [0.15, 0.2) is 0 Å². The number of nitrogen functional groups attached to an aromatic ring is 1. The van der Waals surface area contributed by atoms with Crippen molar-refractivity contribution >= 4 is 16.6 Å². The van der Waals surface area contributed by atoms with E-state index >= 15 is 0 Å². The third kappa shape index (κ3) is 1.91. The predicted octanol–water partition coefficient (Wildman–Crippen LogP) is 1.88. The highest BCUT2D eigenvalue weighted by Crippen LogP contribution is 2.22. The van der Waals surface area contributed by atoms with E-state index in [1.54, 1.807) is 36.4 Å². The number of phenolic OH excluding ortho intramolecular Hbond substituents is 1. The Kier molecular flexibility index (Phi) is 2.45. The summed E-state index contributed by atoms with van der Waals surface area (Å²) in [6.07, 6.45) is 0. The largest absolute Gasteiger partial charge is 0.506 e. The number of aromatic nitrogens is 2. The van der Waals surface area contributed by atoms with Gasteiger partial charge in [-0.05, 0) is 36.4 Å². The minimum Gasteiger partial charge on any atom is -0.506 e. The van der Waals surface area contributed by atoms with Crippen LogP contribution in [-0.4, -0.2) is 15.1 Å². The number of nitrogens with one attached hydrogen (secondary N) is 1. The Hall–Kier alpha value is -2.82. The molecule has 0 unspecified atom stereocenters. The van der Waals surface area contributed by atoms with Gasteiger partial charge in [0.2, 0.25) is 0 Å². The molecule has 0 radical (unpaired) electrons. The number of nitrogens with zero attached hydrogens (tertiary/aromatic N) is 1. The van der Waals surface area contributed by atoms with Gasteiger partial charge in [0.1, 0.15) is 17.1 Å². The zero-order valence-electron chi connectivity index (χ0n) is 9.92. The molecule has 0 saturated heterocycles. The summed E-state index contributed by atoms with van der Waals surface area (Å²) in [7, 11) is 0. The second-order valence-electron chi connectivity index (χ2n) is 4.21. The molecule has 0 spiro atoms. The third-order valence-electron chi connectivity index (χ3n) is 2.90. The van der Waals surface area contributed by atoms with Crippen molar-refractivity contribution in [2.45, 2.75) is 0 Å². The molecule has 1 aromatic heterocycles. The topological polar surface area (TPSA) is 92.0 Å². The molecule has 0 aliphatic heterocycles. The first kappa shape index (κ1) is 11.3. The summed E-state index contributed by atoms with van der Waals surface area (Å²) in [6.45, 7) is 0. The Morgan fingerprint density at radius 3 is 2.58 bits per heavy atom. The van der Waals surface area contributed by atoms with Gasteiger partial charge >= 0.3 is 0 Å². The fourth-order valence-corrected chi connectivity index (χ4v) is 1.92. The molecule has 5 nitrogen and oxygen atoms in total. The molecule has 0 bridgehead atoms. The van der Waals surface area contributed by atoms with Crippen molar-refractivity contribution in [1.29, 1.82) is 0 Å². The number of H-pyrrole nitrogens is 1. The highest BCUT2D eigenvalue weighted by Gasteiger charge is 2.08.